The van der Waals surface area contributed by atoms with Crippen molar-refractivity contribution in [2.75, 3.05) is 19.6 Å². The predicted octanol–water partition coefficient (Wildman–Crippen LogP) is 1.06. The number of hydrogen-bond acceptors (Lipinski definition) is 4. The molecule has 2 N–H and O–H groups in total. The first-order valence-electron chi connectivity index (χ1n) is 6.39. The monoisotopic (exact) mass is 297 g/mol. The number of halogens is 1. The van der Waals surface area contributed by atoms with Gasteiger partial charge < -0.3 is 5.73 Å². The minimum absolute atomic E-state index is 0.109. The Hall–Kier alpha value is -1.49. The van der Waals surface area contributed by atoms with E-state index in [0.717, 1.165) is 18.9 Å². The average Bonchev–Trinajstić information content (AvgIpc) is 2.47. The lowest BCUT2D eigenvalue weighted by atomic mass is 10.0. The third kappa shape index (κ3) is 2.68. The van der Waals surface area contributed by atoms with Crippen molar-refractivity contribution in [3.8, 4) is 6.07 Å². The molecule has 2 rings (SSSR count). The zero-order valence-electron chi connectivity index (χ0n) is 10.9. The van der Waals surface area contributed by atoms with Crippen LogP contribution in [0.2, 0.25) is 0 Å². The predicted molar refractivity (Wildman–Crippen MR) is 71.7 cm³/mol. The van der Waals surface area contributed by atoms with Crippen molar-refractivity contribution in [3.63, 3.8) is 0 Å². The van der Waals surface area contributed by atoms with Gasteiger partial charge >= 0.3 is 0 Å². The lowest BCUT2D eigenvalue weighted by molar-refractivity contribution is 0.271. The van der Waals surface area contributed by atoms with E-state index in [9.17, 15) is 12.8 Å². The maximum atomic E-state index is 13.6. The Morgan fingerprint density at radius 1 is 1.50 bits per heavy atom. The molecular weight excluding hydrogens is 281 g/mol. The zero-order chi connectivity index (χ0) is 14.8. The topological polar surface area (TPSA) is 87.2 Å². The van der Waals surface area contributed by atoms with Gasteiger partial charge in [-0.25, -0.2) is 12.8 Å². The fourth-order valence-corrected chi connectivity index (χ4v) is 4.11. The summed E-state index contributed by atoms with van der Waals surface area (Å²) >= 11 is 0. The molecule has 7 heteroatoms. The van der Waals surface area contributed by atoms with E-state index in [1.54, 1.807) is 6.07 Å². The van der Waals surface area contributed by atoms with E-state index in [1.165, 1.54) is 16.4 Å². The van der Waals surface area contributed by atoms with E-state index < -0.39 is 21.4 Å². The van der Waals surface area contributed by atoms with Gasteiger partial charge in [0.25, 0.3) is 0 Å². The minimum atomic E-state index is -3.86. The fourth-order valence-electron chi connectivity index (χ4n) is 2.40. The second-order valence-corrected chi connectivity index (χ2v) is 6.74. The van der Waals surface area contributed by atoms with Gasteiger partial charge in [-0.3, -0.25) is 0 Å². The van der Waals surface area contributed by atoms with Crippen LogP contribution in [-0.2, 0) is 10.0 Å². The summed E-state index contributed by atoms with van der Waals surface area (Å²) in [6.45, 7) is 1.11. The van der Waals surface area contributed by atoms with E-state index >= 15 is 0 Å². The lowest BCUT2D eigenvalue weighted by Gasteiger charge is -2.31. The number of nitrogens with two attached hydrogens (primary N) is 1. The fraction of sp³-hybridized carbons (Fsp3) is 0.462. The standard InChI is InChI=1S/C13H16FN3O2S/c14-12-4-1-5-13(11(12)8-16)20(18,19)17-6-2-3-10(7-15)9-17/h1,4-5,10H,2-3,6-7,9,15H2. The van der Waals surface area contributed by atoms with Gasteiger partial charge in [-0.15, -0.1) is 0 Å². The van der Waals surface area contributed by atoms with Gasteiger partial charge in [-0.05, 0) is 37.4 Å². The molecule has 0 bridgehead atoms. The van der Waals surface area contributed by atoms with Gasteiger partial charge in [-0.2, -0.15) is 9.57 Å². The van der Waals surface area contributed by atoms with Gasteiger partial charge in [0.2, 0.25) is 10.0 Å². The quantitative estimate of drug-likeness (QED) is 0.903. The molecular formula is C13H16FN3O2S. The van der Waals surface area contributed by atoms with E-state index in [2.05, 4.69) is 0 Å². The average molecular weight is 297 g/mol. The summed E-state index contributed by atoms with van der Waals surface area (Å²) in [6, 6.07) is 5.27. The molecule has 0 aliphatic carbocycles. The minimum Gasteiger partial charge on any atom is -0.330 e. The number of sulfonamides is 1. The molecule has 1 heterocycles. The van der Waals surface area contributed by atoms with Gasteiger partial charge in [0, 0.05) is 13.1 Å². The summed E-state index contributed by atoms with van der Waals surface area (Å²) in [5, 5.41) is 8.97. The van der Waals surface area contributed by atoms with Crippen molar-refractivity contribution in [1.82, 2.24) is 4.31 Å². The van der Waals surface area contributed by atoms with Gasteiger partial charge in [-0.1, -0.05) is 6.07 Å². The van der Waals surface area contributed by atoms with Crippen LogP contribution in [0.3, 0.4) is 0 Å². The third-order valence-corrected chi connectivity index (χ3v) is 5.43. The highest BCUT2D eigenvalue weighted by Crippen LogP contribution is 2.26. The molecule has 0 spiro atoms. The SMILES string of the molecule is N#Cc1c(F)cccc1S(=O)(=O)N1CCCC(CN)C1. The molecule has 108 valence electrons. The molecule has 0 radical (unpaired) electrons. The molecule has 1 fully saturated rings. The number of nitriles is 1. The highest BCUT2D eigenvalue weighted by atomic mass is 32.2. The Kier molecular flexibility index (Phi) is 4.38. The highest BCUT2D eigenvalue weighted by molar-refractivity contribution is 7.89. The van der Waals surface area contributed by atoms with Crippen molar-refractivity contribution in [2.24, 2.45) is 11.7 Å². The Labute approximate surface area is 117 Å². The van der Waals surface area contributed by atoms with Crippen LogP contribution in [0.4, 0.5) is 4.39 Å². The molecule has 1 aliphatic rings. The van der Waals surface area contributed by atoms with E-state index in [-0.39, 0.29) is 10.8 Å². The Morgan fingerprint density at radius 2 is 2.25 bits per heavy atom. The summed E-state index contributed by atoms with van der Waals surface area (Å²) in [5.74, 6) is -0.710. The first kappa shape index (κ1) is 14.9. The molecule has 0 aromatic heterocycles. The van der Waals surface area contributed by atoms with Crippen molar-refractivity contribution < 1.29 is 12.8 Å². The molecule has 1 aliphatic heterocycles. The second kappa shape index (κ2) is 5.87. The number of rotatable bonds is 3. The Bertz CT molecular complexity index is 640. The molecule has 1 atom stereocenters. The van der Waals surface area contributed by atoms with Crippen LogP contribution in [0, 0.1) is 23.1 Å². The van der Waals surface area contributed by atoms with E-state index in [1.807, 2.05) is 0 Å². The number of nitrogens with zero attached hydrogens (tertiary/aromatic N) is 2. The normalized spacial score (nSPS) is 20.6. The summed E-state index contributed by atoms with van der Waals surface area (Å²) in [7, 11) is -3.86. The number of benzene rings is 1. The third-order valence-electron chi connectivity index (χ3n) is 3.52. The molecule has 1 unspecified atom stereocenters. The molecule has 20 heavy (non-hydrogen) atoms. The van der Waals surface area contributed by atoms with Crippen LogP contribution in [0.1, 0.15) is 18.4 Å². The summed E-state index contributed by atoms with van der Waals surface area (Å²) in [5.41, 5.74) is 5.17. The highest BCUT2D eigenvalue weighted by Gasteiger charge is 2.32. The first-order chi connectivity index (χ1) is 9.50. The van der Waals surface area contributed by atoms with Crippen LogP contribution in [0.5, 0.6) is 0 Å². The van der Waals surface area contributed by atoms with Crippen LogP contribution < -0.4 is 5.73 Å². The van der Waals surface area contributed by atoms with Gasteiger partial charge in [0.05, 0.1) is 0 Å². The number of piperidine rings is 1. The Morgan fingerprint density at radius 3 is 2.90 bits per heavy atom. The van der Waals surface area contributed by atoms with Crippen molar-refractivity contribution in [1.29, 1.82) is 5.26 Å². The Balaban J connectivity index is 2.41. The number of hydrogen-bond donors (Lipinski definition) is 1. The van der Waals surface area contributed by atoms with Crippen LogP contribution in [0.25, 0.3) is 0 Å². The van der Waals surface area contributed by atoms with Crippen LogP contribution in [0.15, 0.2) is 23.1 Å². The lowest BCUT2D eigenvalue weighted by Crippen LogP contribution is -2.42. The largest absolute Gasteiger partial charge is 0.330 e. The van der Waals surface area contributed by atoms with Gasteiger partial charge in [0.1, 0.15) is 22.3 Å². The zero-order valence-corrected chi connectivity index (χ0v) is 11.7. The molecule has 1 aromatic rings. The molecule has 1 saturated heterocycles. The van der Waals surface area contributed by atoms with Crippen molar-refractivity contribution in [3.05, 3.63) is 29.6 Å². The summed E-state index contributed by atoms with van der Waals surface area (Å²) in [6.07, 6.45) is 1.61. The molecule has 0 saturated carbocycles. The first-order valence-corrected chi connectivity index (χ1v) is 7.83. The summed E-state index contributed by atoms with van der Waals surface area (Å²) < 4.78 is 40.0. The molecule has 1 aromatic carbocycles. The second-order valence-electron chi connectivity index (χ2n) is 4.83. The summed E-state index contributed by atoms with van der Waals surface area (Å²) in [4.78, 5) is -0.266. The van der Waals surface area contributed by atoms with Crippen LogP contribution >= 0.6 is 0 Å². The van der Waals surface area contributed by atoms with Crippen molar-refractivity contribution in [2.45, 2.75) is 17.7 Å². The molecule has 5 nitrogen and oxygen atoms in total. The smallest absolute Gasteiger partial charge is 0.244 e. The van der Waals surface area contributed by atoms with Crippen LogP contribution in [-0.4, -0.2) is 32.4 Å². The van der Waals surface area contributed by atoms with E-state index in [0.29, 0.717) is 19.6 Å². The molecule has 0 amide bonds. The van der Waals surface area contributed by atoms with E-state index in [4.69, 9.17) is 11.0 Å². The maximum Gasteiger partial charge on any atom is 0.244 e. The van der Waals surface area contributed by atoms with Crippen molar-refractivity contribution >= 4 is 10.0 Å². The van der Waals surface area contributed by atoms with Gasteiger partial charge in [0.15, 0.2) is 0 Å². The maximum absolute atomic E-state index is 13.6.